The van der Waals surface area contributed by atoms with E-state index < -0.39 is 0 Å². The molecule has 0 fully saturated rings. The summed E-state index contributed by atoms with van der Waals surface area (Å²) in [4.78, 5) is 0.931. The van der Waals surface area contributed by atoms with Crippen molar-refractivity contribution in [2.24, 2.45) is 5.84 Å². The number of nitrogens with one attached hydrogen (secondary N) is 1. The summed E-state index contributed by atoms with van der Waals surface area (Å²) < 4.78 is 18.4. The molecule has 0 saturated heterocycles. The van der Waals surface area contributed by atoms with E-state index in [0.717, 1.165) is 16.2 Å². The summed E-state index contributed by atoms with van der Waals surface area (Å²) in [5.41, 5.74) is 3.46. The Kier molecular flexibility index (Phi) is 3.73. The molecule has 0 aliphatic carbocycles. The second-order valence-corrected chi connectivity index (χ2v) is 4.46. The zero-order valence-corrected chi connectivity index (χ0v) is 10.1. The van der Waals surface area contributed by atoms with Crippen LogP contribution in [0, 0.1) is 5.82 Å². The van der Waals surface area contributed by atoms with Crippen molar-refractivity contribution in [2.75, 3.05) is 7.11 Å². The molecule has 90 valence electrons. The van der Waals surface area contributed by atoms with E-state index in [4.69, 9.17) is 10.6 Å². The topological polar surface area (TPSA) is 47.3 Å². The first-order chi connectivity index (χ1) is 8.26. The molecule has 2 rings (SSSR count). The fraction of sp³-hybridized carbons (Fsp3) is 0.167. The summed E-state index contributed by atoms with van der Waals surface area (Å²) in [5, 5.41) is 1.91. The molecule has 5 heteroatoms. The first-order valence-corrected chi connectivity index (χ1v) is 5.97. The molecule has 0 saturated carbocycles. The number of rotatable bonds is 4. The van der Waals surface area contributed by atoms with Gasteiger partial charge >= 0.3 is 0 Å². The number of hydrogen-bond donors (Lipinski definition) is 2. The van der Waals surface area contributed by atoms with Crippen LogP contribution < -0.4 is 16.0 Å². The molecule has 0 bridgehead atoms. The van der Waals surface area contributed by atoms with Crippen LogP contribution in [0.2, 0.25) is 0 Å². The predicted octanol–water partition coefficient (Wildman–Crippen LogP) is 2.45. The second-order valence-electron chi connectivity index (χ2n) is 3.51. The van der Waals surface area contributed by atoms with Crippen LogP contribution >= 0.6 is 11.3 Å². The fourth-order valence-corrected chi connectivity index (χ4v) is 2.64. The lowest BCUT2D eigenvalue weighted by Gasteiger charge is -2.16. The van der Waals surface area contributed by atoms with Gasteiger partial charge in [-0.2, -0.15) is 0 Å². The molecule has 0 spiro atoms. The van der Waals surface area contributed by atoms with Gasteiger partial charge in [0.15, 0.2) is 0 Å². The van der Waals surface area contributed by atoms with Crippen LogP contribution in [0.1, 0.15) is 16.5 Å². The van der Waals surface area contributed by atoms with Crippen LogP contribution in [0.5, 0.6) is 5.75 Å². The van der Waals surface area contributed by atoms with Crippen LogP contribution in [-0.4, -0.2) is 7.11 Å². The minimum Gasteiger partial charge on any atom is -0.496 e. The molecular weight excluding hydrogens is 239 g/mol. The number of hydrazine groups is 1. The molecule has 1 aromatic carbocycles. The first-order valence-electron chi connectivity index (χ1n) is 5.09. The zero-order valence-electron chi connectivity index (χ0n) is 9.31. The van der Waals surface area contributed by atoms with Crippen molar-refractivity contribution in [3.63, 3.8) is 0 Å². The molecule has 0 amide bonds. The van der Waals surface area contributed by atoms with E-state index >= 15 is 0 Å². The van der Waals surface area contributed by atoms with Gasteiger partial charge in [-0.15, -0.1) is 11.3 Å². The first kappa shape index (κ1) is 12.0. The van der Waals surface area contributed by atoms with Crippen molar-refractivity contribution in [3.05, 3.63) is 52.0 Å². The zero-order chi connectivity index (χ0) is 12.3. The predicted molar refractivity (Wildman–Crippen MR) is 66.4 cm³/mol. The van der Waals surface area contributed by atoms with Crippen molar-refractivity contribution < 1.29 is 9.13 Å². The molecule has 1 atom stereocenters. The number of benzene rings is 1. The van der Waals surface area contributed by atoms with Crippen molar-refractivity contribution in [3.8, 4) is 5.75 Å². The molecule has 3 nitrogen and oxygen atoms in total. The van der Waals surface area contributed by atoms with Crippen molar-refractivity contribution in [1.82, 2.24) is 5.43 Å². The number of methoxy groups -OCH3 is 1. The number of hydrogen-bond acceptors (Lipinski definition) is 4. The number of halogens is 1. The van der Waals surface area contributed by atoms with Gasteiger partial charge in [-0.25, -0.2) is 9.82 Å². The maximum atomic E-state index is 13.2. The molecule has 0 aliphatic rings. The Morgan fingerprint density at radius 1 is 1.41 bits per heavy atom. The third-order valence-corrected chi connectivity index (χ3v) is 3.45. The summed E-state index contributed by atoms with van der Waals surface area (Å²) in [5.74, 6) is 6.02. The molecule has 1 heterocycles. The highest BCUT2D eigenvalue weighted by atomic mass is 32.1. The monoisotopic (exact) mass is 252 g/mol. The van der Waals surface area contributed by atoms with E-state index in [1.807, 2.05) is 17.5 Å². The maximum absolute atomic E-state index is 13.2. The largest absolute Gasteiger partial charge is 0.496 e. The minimum atomic E-state index is -0.279. The van der Waals surface area contributed by atoms with Gasteiger partial charge in [-0.3, -0.25) is 5.84 Å². The summed E-state index contributed by atoms with van der Waals surface area (Å²) in [6.07, 6.45) is 0. The second kappa shape index (κ2) is 5.27. The number of nitrogens with two attached hydrogens (primary N) is 1. The SMILES string of the molecule is COc1ccsc1C(NN)c1cccc(F)c1. The average molecular weight is 252 g/mol. The highest BCUT2D eigenvalue weighted by Crippen LogP contribution is 2.34. The fourth-order valence-electron chi connectivity index (χ4n) is 1.70. The highest BCUT2D eigenvalue weighted by molar-refractivity contribution is 7.10. The molecule has 0 aliphatic heterocycles. The summed E-state index contributed by atoms with van der Waals surface area (Å²) in [6, 6.07) is 7.96. The Labute approximate surface area is 103 Å². The normalized spacial score (nSPS) is 12.4. The Balaban J connectivity index is 2.40. The van der Waals surface area contributed by atoms with Crippen LogP contribution in [0.3, 0.4) is 0 Å². The van der Waals surface area contributed by atoms with Crippen LogP contribution in [0.25, 0.3) is 0 Å². The molecule has 2 aromatic rings. The number of ether oxygens (including phenoxy) is 1. The number of thiophene rings is 1. The Morgan fingerprint density at radius 2 is 2.24 bits per heavy atom. The molecule has 3 N–H and O–H groups in total. The standard InChI is InChI=1S/C12H13FN2OS/c1-16-10-5-6-17-12(10)11(15-14)8-3-2-4-9(13)7-8/h2-7,11,15H,14H2,1H3. The Morgan fingerprint density at radius 3 is 2.88 bits per heavy atom. The lowest BCUT2D eigenvalue weighted by Crippen LogP contribution is -2.28. The quantitative estimate of drug-likeness (QED) is 0.649. The average Bonchev–Trinajstić information content (AvgIpc) is 2.78. The van der Waals surface area contributed by atoms with Gasteiger partial charge in [0, 0.05) is 0 Å². The van der Waals surface area contributed by atoms with Crippen molar-refractivity contribution in [1.29, 1.82) is 0 Å². The van der Waals surface area contributed by atoms with E-state index in [1.54, 1.807) is 13.2 Å². The minimum absolute atomic E-state index is 0.263. The maximum Gasteiger partial charge on any atom is 0.134 e. The van der Waals surface area contributed by atoms with Gasteiger partial charge in [-0.05, 0) is 29.1 Å². The lowest BCUT2D eigenvalue weighted by molar-refractivity contribution is 0.407. The van der Waals surface area contributed by atoms with Gasteiger partial charge in [0.1, 0.15) is 11.6 Å². The summed E-state index contributed by atoms with van der Waals surface area (Å²) in [7, 11) is 1.60. The third kappa shape index (κ3) is 2.46. The summed E-state index contributed by atoms with van der Waals surface area (Å²) >= 11 is 1.52. The summed E-state index contributed by atoms with van der Waals surface area (Å²) in [6.45, 7) is 0. The Bertz CT molecular complexity index is 501. The van der Waals surface area contributed by atoms with E-state index in [0.29, 0.717) is 0 Å². The molecule has 1 aromatic heterocycles. The molecule has 17 heavy (non-hydrogen) atoms. The van der Waals surface area contributed by atoms with Crippen molar-refractivity contribution >= 4 is 11.3 Å². The van der Waals surface area contributed by atoms with Gasteiger partial charge in [0.25, 0.3) is 0 Å². The lowest BCUT2D eigenvalue weighted by atomic mass is 10.1. The van der Waals surface area contributed by atoms with Crippen LogP contribution in [0.4, 0.5) is 4.39 Å². The van der Waals surface area contributed by atoms with E-state index in [-0.39, 0.29) is 11.9 Å². The van der Waals surface area contributed by atoms with Crippen LogP contribution in [-0.2, 0) is 0 Å². The highest BCUT2D eigenvalue weighted by Gasteiger charge is 2.18. The van der Waals surface area contributed by atoms with E-state index in [9.17, 15) is 4.39 Å². The molecule has 1 unspecified atom stereocenters. The molecular formula is C12H13FN2OS. The van der Waals surface area contributed by atoms with Gasteiger partial charge in [-0.1, -0.05) is 12.1 Å². The molecule has 0 radical (unpaired) electrons. The smallest absolute Gasteiger partial charge is 0.134 e. The van der Waals surface area contributed by atoms with Gasteiger partial charge < -0.3 is 4.74 Å². The Hall–Kier alpha value is -1.43. The van der Waals surface area contributed by atoms with E-state index in [2.05, 4.69) is 5.43 Å². The van der Waals surface area contributed by atoms with E-state index in [1.165, 1.54) is 23.5 Å². The van der Waals surface area contributed by atoms with Crippen molar-refractivity contribution in [2.45, 2.75) is 6.04 Å². The van der Waals surface area contributed by atoms with Gasteiger partial charge in [0.05, 0.1) is 18.0 Å². The van der Waals surface area contributed by atoms with Gasteiger partial charge in [0.2, 0.25) is 0 Å². The third-order valence-electron chi connectivity index (χ3n) is 2.49. The van der Waals surface area contributed by atoms with Crippen LogP contribution in [0.15, 0.2) is 35.7 Å².